The van der Waals surface area contributed by atoms with Crippen LogP contribution in [0.15, 0.2) is 18.2 Å². The van der Waals surface area contributed by atoms with E-state index in [0.29, 0.717) is 17.9 Å². The second-order valence-corrected chi connectivity index (χ2v) is 4.06. The fourth-order valence-electron chi connectivity index (χ4n) is 1.81. The highest BCUT2D eigenvalue weighted by atomic mass is 16.5. The molecule has 1 aromatic rings. The number of carboxylic acids is 1. The molecule has 1 heterocycles. The number of nitrogens with zero attached hydrogens (tertiary/aromatic N) is 1. The van der Waals surface area contributed by atoms with E-state index in [1.165, 1.54) is 6.92 Å². The second-order valence-electron chi connectivity index (χ2n) is 4.06. The van der Waals surface area contributed by atoms with Crippen LogP contribution in [0.3, 0.4) is 0 Å². The Morgan fingerprint density at radius 2 is 2.18 bits per heavy atom. The first kappa shape index (κ1) is 11.4. The second kappa shape index (κ2) is 4.08. The zero-order valence-corrected chi connectivity index (χ0v) is 9.64. The molecule has 0 amide bonds. The van der Waals surface area contributed by atoms with E-state index in [1.54, 1.807) is 25.2 Å². The van der Waals surface area contributed by atoms with Gasteiger partial charge in [-0.25, -0.2) is 4.79 Å². The van der Waals surface area contributed by atoms with Crippen molar-refractivity contribution in [1.29, 1.82) is 0 Å². The van der Waals surface area contributed by atoms with Crippen molar-refractivity contribution < 1.29 is 19.4 Å². The number of Topliss-reactive ketones (excluding diaryl/α,β-unsaturated/α-hetero) is 1. The number of hydrogen-bond donors (Lipinski definition) is 1. The van der Waals surface area contributed by atoms with Gasteiger partial charge in [-0.2, -0.15) is 0 Å². The highest BCUT2D eigenvalue weighted by molar-refractivity contribution is 5.95. The van der Waals surface area contributed by atoms with E-state index in [4.69, 9.17) is 9.84 Å². The van der Waals surface area contributed by atoms with Gasteiger partial charge < -0.3 is 14.7 Å². The van der Waals surface area contributed by atoms with E-state index in [1.807, 2.05) is 4.90 Å². The molecule has 0 aromatic heterocycles. The number of carbonyl (C=O) groups excluding carboxylic acids is 1. The van der Waals surface area contributed by atoms with E-state index in [0.717, 1.165) is 5.69 Å². The number of anilines is 1. The summed E-state index contributed by atoms with van der Waals surface area (Å²) in [6, 6.07) is 5.07. The van der Waals surface area contributed by atoms with Gasteiger partial charge in [0.25, 0.3) is 0 Å². The summed E-state index contributed by atoms with van der Waals surface area (Å²) < 4.78 is 5.36. The number of ether oxygens (including phenoxy) is 1. The van der Waals surface area contributed by atoms with E-state index >= 15 is 0 Å². The maximum absolute atomic E-state index is 11.2. The van der Waals surface area contributed by atoms with Crippen LogP contribution in [0.1, 0.15) is 17.3 Å². The maximum atomic E-state index is 11.2. The molecule has 1 aliphatic rings. The molecular formula is C12H13NO4. The third kappa shape index (κ3) is 2.08. The summed E-state index contributed by atoms with van der Waals surface area (Å²) in [7, 11) is 1.80. The van der Waals surface area contributed by atoms with Gasteiger partial charge in [0, 0.05) is 12.6 Å². The third-order valence-electron chi connectivity index (χ3n) is 2.76. The van der Waals surface area contributed by atoms with Crippen LogP contribution < -0.4 is 9.64 Å². The molecule has 1 atom stereocenters. The predicted octanol–water partition coefficient (Wildman–Crippen LogP) is 1.17. The number of carboxylic acid groups (broad SMARTS) is 1. The minimum absolute atomic E-state index is 0.0727. The van der Waals surface area contributed by atoms with Gasteiger partial charge in [-0.3, -0.25) is 4.79 Å². The molecule has 1 unspecified atom stereocenters. The number of carbonyl (C=O) groups is 2. The van der Waals surface area contributed by atoms with Gasteiger partial charge in [0.05, 0.1) is 12.2 Å². The summed E-state index contributed by atoms with van der Waals surface area (Å²) in [6.07, 6.45) is -0.894. The molecule has 0 saturated heterocycles. The van der Waals surface area contributed by atoms with Crippen molar-refractivity contribution in [1.82, 2.24) is 0 Å². The number of ketones is 1. The van der Waals surface area contributed by atoms with Gasteiger partial charge in [-0.15, -0.1) is 0 Å². The normalized spacial score (nSPS) is 18.2. The molecular weight excluding hydrogens is 222 g/mol. The number of rotatable bonds is 2. The number of hydrogen-bond acceptors (Lipinski definition) is 4. The van der Waals surface area contributed by atoms with Gasteiger partial charge in [0.1, 0.15) is 5.75 Å². The summed E-state index contributed by atoms with van der Waals surface area (Å²) in [6.45, 7) is 1.75. The van der Waals surface area contributed by atoms with Gasteiger partial charge in [-0.05, 0) is 25.1 Å². The molecule has 17 heavy (non-hydrogen) atoms. The van der Waals surface area contributed by atoms with Crippen LogP contribution in [0, 0.1) is 0 Å². The van der Waals surface area contributed by atoms with Crippen molar-refractivity contribution in [3.63, 3.8) is 0 Å². The summed E-state index contributed by atoms with van der Waals surface area (Å²) in [4.78, 5) is 24.0. The fraction of sp³-hybridized carbons (Fsp3) is 0.333. The van der Waals surface area contributed by atoms with Gasteiger partial charge in [0.15, 0.2) is 5.78 Å². The highest BCUT2D eigenvalue weighted by Crippen LogP contribution is 2.33. The molecule has 5 heteroatoms. The lowest BCUT2D eigenvalue weighted by Gasteiger charge is -2.31. The first-order valence-electron chi connectivity index (χ1n) is 5.24. The Morgan fingerprint density at radius 1 is 1.47 bits per heavy atom. The Bertz CT molecular complexity index is 483. The van der Waals surface area contributed by atoms with Gasteiger partial charge >= 0.3 is 5.97 Å². The minimum atomic E-state index is -1.00. The van der Waals surface area contributed by atoms with Crippen LogP contribution in [0.25, 0.3) is 0 Å². The lowest BCUT2D eigenvalue weighted by Crippen LogP contribution is -2.42. The quantitative estimate of drug-likeness (QED) is 0.779. The van der Waals surface area contributed by atoms with Crippen molar-refractivity contribution in [3.05, 3.63) is 23.8 Å². The molecule has 5 nitrogen and oxygen atoms in total. The molecule has 0 fully saturated rings. The summed E-state index contributed by atoms with van der Waals surface area (Å²) >= 11 is 0. The van der Waals surface area contributed by atoms with Gasteiger partial charge in [-0.1, -0.05) is 0 Å². The van der Waals surface area contributed by atoms with Crippen molar-refractivity contribution in [2.75, 3.05) is 18.5 Å². The lowest BCUT2D eigenvalue weighted by atomic mass is 10.1. The first-order chi connectivity index (χ1) is 7.99. The van der Waals surface area contributed by atoms with Crippen LogP contribution in [-0.2, 0) is 4.79 Å². The first-order valence-corrected chi connectivity index (χ1v) is 5.24. The summed E-state index contributed by atoms with van der Waals surface area (Å²) in [5, 5.41) is 8.94. The Kier molecular flexibility index (Phi) is 2.75. The summed E-state index contributed by atoms with van der Waals surface area (Å²) in [5.74, 6) is -0.633. The van der Waals surface area contributed by atoms with Crippen molar-refractivity contribution in [2.45, 2.75) is 13.0 Å². The number of likely N-dealkylation sites (N-methyl/N-ethyl adjacent to an activating group) is 1. The van der Waals surface area contributed by atoms with E-state index in [-0.39, 0.29) is 5.78 Å². The molecule has 0 aliphatic carbocycles. The standard InChI is InChI=1S/C12H13NO4/c1-7(14)8-3-4-9-10(5-8)17-11(12(15)16)6-13(9)2/h3-5,11H,6H2,1-2H3,(H,15,16). The summed E-state index contributed by atoms with van der Waals surface area (Å²) in [5.41, 5.74) is 1.32. The monoisotopic (exact) mass is 235 g/mol. The van der Waals surface area contributed by atoms with Crippen LogP contribution in [-0.4, -0.2) is 36.6 Å². The van der Waals surface area contributed by atoms with Crippen molar-refractivity contribution in [2.24, 2.45) is 0 Å². The molecule has 1 aliphatic heterocycles. The zero-order chi connectivity index (χ0) is 12.6. The Morgan fingerprint density at radius 3 is 2.76 bits per heavy atom. The Hall–Kier alpha value is -2.04. The molecule has 0 spiro atoms. The number of benzene rings is 1. The number of aliphatic carboxylic acids is 1. The van der Waals surface area contributed by atoms with Crippen molar-refractivity contribution in [3.8, 4) is 5.75 Å². The molecule has 1 aromatic carbocycles. The average Bonchev–Trinajstić information content (AvgIpc) is 2.27. The minimum Gasteiger partial charge on any atom is -0.478 e. The van der Waals surface area contributed by atoms with Crippen LogP contribution in [0.2, 0.25) is 0 Å². The van der Waals surface area contributed by atoms with Crippen LogP contribution in [0.4, 0.5) is 5.69 Å². The lowest BCUT2D eigenvalue weighted by molar-refractivity contribution is -0.144. The Balaban J connectivity index is 2.40. The molecule has 90 valence electrons. The molecule has 1 N–H and O–H groups in total. The SMILES string of the molecule is CC(=O)c1ccc2c(c1)OC(C(=O)O)CN2C. The molecule has 2 rings (SSSR count). The fourth-order valence-corrected chi connectivity index (χ4v) is 1.81. The molecule has 0 radical (unpaired) electrons. The third-order valence-corrected chi connectivity index (χ3v) is 2.76. The predicted molar refractivity (Wildman–Crippen MR) is 61.8 cm³/mol. The van der Waals surface area contributed by atoms with Gasteiger partial charge in [0.2, 0.25) is 6.10 Å². The Labute approximate surface area is 98.6 Å². The maximum Gasteiger partial charge on any atom is 0.346 e. The largest absolute Gasteiger partial charge is 0.478 e. The van der Waals surface area contributed by atoms with Crippen LogP contribution >= 0.6 is 0 Å². The van der Waals surface area contributed by atoms with E-state index in [9.17, 15) is 9.59 Å². The molecule has 0 saturated carbocycles. The van der Waals surface area contributed by atoms with E-state index in [2.05, 4.69) is 0 Å². The van der Waals surface area contributed by atoms with E-state index < -0.39 is 12.1 Å². The topological polar surface area (TPSA) is 66.8 Å². The average molecular weight is 235 g/mol. The highest BCUT2D eigenvalue weighted by Gasteiger charge is 2.29. The van der Waals surface area contributed by atoms with Crippen LogP contribution in [0.5, 0.6) is 5.75 Å². The number of fused-ring (bicyclic) bond motifs is 1. The molecule has 0 bridgehead atoms. The zero-order valence-electron chi connectivity index (χ0n) is 9.64. The van der Waals surface area contributed by atoms with Crippen molar-refractivity contribution >= 4 is 17.4 Å². The smallest absolute Gasteiger partial charge is 0.346 e.